The molecule has 3 amide bonds. The Hall–Kier alpha value is -3.88. The SMILES string of the molecule is Cc1ccc(C(C(=O)NC(Cc2ccccc2)C(=O)OC(C)(C)C)N(C(=O)C(CC(C)C)NC(=O)OC(C)(C)C)C2CC2)c(C)c1. The van der Waals surface area contributed by atoms with Crippen LogP contribution in [0.1, 0.15) is 103 Å². The number of carbonyl (C=O) groups is 4. The van der Waals surface area contributed by atoms with E-state index >= 15 is 0 Å². The van der Waals surface area contributed by atoms with Gasteiger partial charge in [-0.05, 0) is 97.3 Å². The Morgan fingerprint density at radius 2 is 1.46 bits per heavy atom. The normalized spacial score (nSPS) is 15.4. The van der Waals surface area contributed by atoms with Gasteiger partial charge in [-0.3, -0.25) is 9.59 Å². The van der Waals surface area contributed by atoms with Gasteiger partial charge < -0.3 is 25.0 Å². The standard InChI is InChI=1S/C37H53N3O6/c1-23(2)20-29(39-35(44)46-37(8,9)10)33(42)40(27-17-18-27)31(28-19-16-24(3)21-25(28)4)32(41)38-30(34(43)45-36(5,6)7)22-26-14-12-11-13-15-26/h11-16,19,21,23,27,29-31H,17-18,20,22H2,1-10H3,(H,38,41)(H,39,44). The summed E-state index contributed by atoms with van der Waals surface area (Å²) in [4.78, 5) is 57.1. The summed E-state index contributed by atoms with van der Waals surface area (Å²) in [7, 11) is 0. The molecular formula is C37H53N3O6. The van der Waals surface area contributed by atoms with Crippen molar-refractivity contribution in [2.24, 2.45) is 5.92 Å². The second-order valence-electron chi connectivity index (χ2n) is 14.9. The van der Waals surface area contributed by atoms with Crippen LogP contribution in [0.3, 0.4) is 0 Å². The molecule has 1 saturated carbocycles. The fourth-order valence-corrected chi connectivity index (χ4v) is 5.41. The van der Waals surface area contributed by atoms with E-state index in [0.29, 0.717) is 12.0 Å². The van der Waals surface area contributed by atoms with Crippen molar-refractivity contribution in [2.45, 2.75) is 130 Å². The number of ether oxygens (including phenoxy) is 2. The van der Waals surface area contributed by atoms with Crippen molar-refractivity contribution in [3.8, 4) is 0 Å². The van der Waals surface area contributed by atoms with Gasteiger partial charge in [0.15, 0.2) is 0 Å². The number of esters is 1. The molecule has 9 heteroatoms. The molecule has 1 aliphatic rings. The van der Waals surface area contributed by atoms with Crippen molar-refractivity contribution < 1.29 is 28.7 Å². The molecule has 0 saturated heterocycles. The lowest BCUT2D eigenvalue weighted by Gasteiger charge is -2.36. The zero-order chi connectivity index (χ0) is 34.4. The van der Waals surface area contributed by atoms with E-state index in [0.717, 1.165) is 29.5 Å². The number of aryl methyl sites for hydroxylation is 2. The average molecular weight is 636 g/mol. The lowest BCUT2D eigenvalue weighted by atomic mass is 9.94. The van der Waals surface area contributed by atoms with E-state index in [1.807, 2.05) is 76.2 Å². The van der Waals surface area contributed by atoms with Gasteiger partial charge in [0.1, 0.15) is 29.3 Å². The van der Waals surface area contributed by atoms with E-state index in [4.69, 9.17) is 9.47 Å². The predicted octanol–water partition coefficient (Wildman–Crippen LogP) is 6.34. The second kappa shape index (κ2) is 15.1. The molecule has 2 N–H and O–H groups in total. The van der Waals surface area contributed by atoms with Gasteiger partial charge >= 0.3 is 12.1 Å². The van der Waals surface area contributed by atoms with Crippen LogP contribution in [0.25, 0.3) is 0 Å². The Kier molecular flexibility index (Phi) is 12.0. The quantitative estimate of drug-likeness (QED) is 0.263. The first-order valence-corrected chi connectivity index (χ1v) is 16.3. The van der Waals surface area contributed by atoms with Gasteiger partial charge in [-0.15, -0.1) is 0 Å². The van der Waals surface area contributed by atoms with Gasteiger partial charge in [0.05, 0.1) is 0 Å². The van der Waals surface area contributed by atoms with E-state index < -0.39 is 47.3 Å². The maximum Gasteiger partial charge on any atom is 0.408 e. The molecule has 3 unspecified atom stereocenters. The molecule has 1 fully saturated rings. The van der Waals surface area contributed by atoms with E-state index in [1.165, 1.54) is 0 Å². The smallest absolute Gasteiger partial charge is 0.408 e. The van der Waals surface area contributed by atoms with Gasteiger partial charge in [-0.25, -0.2) is 9.59 Å². The van der Waals surface area contributed by atoms with Gasteiger partial charge in [-0.1, -0.05) is 67.9 Å². The van der Waals surface area contributed by atoms with Crippen LogP contribution < -0.4 is 10.6 Å². The van der Waals surface area contributed by atoms with Gasteiger partial charge in [0.2, 0.25) is 11.8 Å². The third-order valence-corrected chi connectivity index (χ3v) is 7.43. The summed E-state index contributed by atoms with van der Waals surface area (Å²) in [6.07, 6.45) is 1.33. The molecule has 1 aliphatic carbocycles. The van der Waals surface area contributed by atoms with E-state index in [-0.39, 0.29) is 24.3 Å². The third-order valence-electron chi connectivity index (χ3n) is 7.43. The molecule has 9 nitrogen and oxygen atoms in total. The lowest BCUT2D eigenvalue weighted by molar-refractivity contribution is -0.159. The molecule has 3 rings (SSSR count). The number of hydrogen-bond donors (Lipinski definition) is 2. The van der Waals surface area contributed by atoms with E-state index in [2.05, 4.69) is 10.6 Å². The van der Waals surface area contributed by atoms with Crippen molar-refractivity contribution in [2.75, 3.05) is 0 Å². The molecule has 0 bridgehead atoms. The van der Waals surface area contributed by atoms with E-state index in [1.54, 1.807) is 46.4 Å². The summed E-state index contributed by atoms with van der Waals surface area (Å²) in [5, 5.41) is 5.77. The highest BCUT2D eigenvalue weighted by molar-refractivity contribution is 5.94. The van der Waals surface area contributed by atoms with Crippen LogP contribution in [0.2, 0.25) is 0 Å². The number of rotatable bonds is 12. The first kappa shape index (κ1) is 36.6. The second-order valence-corrected chi connectivity index (χ2v) is 14.9. The minimum Gasteiger partial charge on any atom is -0.458 e. The molecule has 0 aromatic heterocycles. The number of hydrogen-bond acceptors (Lipinski definition) is 6. The number of benzene rings is 2. The van der Waals surface area contributed by atoms with Crippen LogP contribution in [-0.4, -0.2) is 58.1 Å². The fourth-order valence-electron chi connectivity index (χ4n) is 5.41. The summed E-state index contributed by atoms with van der Waals surface area (Å²) in [5.41, 5.74) is 1.86. The first-order chi connectivity index (χ1) is 21.3. The summed E-state index contributed by atoms with van der Waals surface area (Å²) in [6.45, 7) is 18.5. The maximum atomic E-state index is 14.6. The fraction of sp³-hybridized carbons (Fsp3) is 0.568. The number of carbonyl (C=O) groups excluding carboxylic acids is 4. The summed E-state index contributed by atoms with van der Waals surface area (Å²) < 4.78 is 11.2. The Bertz CT molecular complexity index is 1370. The molecule has 3 atom stereocenters. The van der Waals surface area contributed by atoms with E-state index in [9.17, 15) is 19.2 Å². The van der Waals surface area contributed by atoms with Crippen LogP contribution in [0.4, 0.5) is 4.79 Å². The highest BCUT2D eigenvalue weighted by atomic mass is 16.6. The van der Waals surface area contributed by atoms with Crippen molar-refractivity contribution in [1.29, 1.82) is 0 Å². The minimum atomic E-state index is -1.04. The molecular weight excluding hydrogens is 582 g/mol. The van der Waals surface area contributed by atoms with Crippen LogP contribution in [0.5, 0.6) is 0 Å². The Balaban J connectivity index is 2.07. The van der Waals surface area contributed by atoms with Gasteiger partial charge in [0.25, 0.3) is 0 Å². The average Bonchev–Trinajstić information content (AvgIpc) is 3.74. The van der Waals surface area contributed by atoms with Crippen molar-refractivity contribution in [1.82, 2.24) is 15.5 Å². The van der Waals surface area contributed by atoms with Crippen LogP contribution in [0, 0.1) is 19.8 Å². The predicted molar refractivity (Wildman–Crippen MR) is 179 cm³/mol. The van der Waals surface area contributed by atoms with Crippen LogP contribution in [0.15, 0.2) is 48.5 Å². The van der Waals surface area contributed by atoms with Gasteiger partial charge in [0, 0.05) is 12.5 Å². The molecule has 46 heavy (non-hydrogen) atoms. The molecule has 0 aliphatic heterocycles. The van der Waals surface area contributed by atoms with Crippen molar-refractivity contribution in [3.05, 3.63) is 70.8 Å². The molecule has 2 aromatic carbocycles. The molecule has 252 valence electrons. The highest BCUT2D eigenvalue weighted by Gasteiger charge is 2.45. The minimum absolute atomic E-state index is 0.0701. The zero-order valence-corrected chi connectivity index (χ0v) is 29.2. The third kappa shape index (κ3) is 11.2. The molecule has 0 spiro atoms. The topological polar surface area (TPSA) is 114 Å². The Morgan fingerprint density at radius 3 is 1.98 bits per heavy atom. The lowest BCUT2D eigenvalue weighted by Crippen LogP contribution is -2.56. The van der Waals surface area contributed by atoms with Crippen LogP contribution >= 0.6 is 0 Å². The number of alkyl carbamates (subject to hydrolysis) is 1. The number of amides is 3. The zero-order valence-electron chi connectivity index (χ0n) is 29.2. The molecule has 0 heterocycles. The Labute approximate surface area is 274 Å². The highest BCUT2D eigenvalue weighted by Crippen LogP contribution is 2.37. The number of nitrogens with one attached hydrogen (secondary N) is 2. The monoisotopic (exact) mass is 635 g/mol. The summed E-state index contributed by atoms with van der Waals surface area (Å²) in [6, 6.07) is 12.0. The van der Waals surface area contributed by atoms with Gasteiger partial charge in [-0.2, -0.15) is 0 Å². The summed E-state index contributed by atoms with van der Waals surface area (Å²) >= 11 is 0. The first-order valence-electron chi connectivity index (χ1n) is 16.3. The van der Waals surface area contributed by atoms with Crippen molar-refractivity contribution >= 4 is 23.9 Å². The Morgan fingerprint density at radius 1 is 0.848 bits per heavy atom. The maximum absolute atomic E-state index is 14.6. The largest absolute Gasteiger partial charge is 0.458 e. The van der Waals surface area contributed by atoms with Crippen molar-refractivity contribution in [3.63, 3.8) is 0 Å². The van der Waals surface area contributed by atoms with Crippen LogP contribution in [-0.2, 0) is 30.3 Å². The molecule has 2 aromatic rings. The summed E-state index contributed by atoms with van der Waals surface area (Å²) in [5.74, 6) is -1.34. The molecule has 0 radical (unpaired) electrons. The number of nitrogens with zero attached hydrogens (tertiary/aromatic N) is 1.